The molecule has 3 aromatic rings. The van der Waals surface area contributed by atoms with E-state index in [1.54, 1.807) is 0 Å². The maximum atomic E-state index is 6.27. The van der Waals surface area contributed by atoms with Gasteiger partial charge in [0.1, 0.15) is 11.0 Å². The van der Waals surface area contributed by atoms with Crippen LogP contribution >= 0.6 is 23.8 Å². The van der Waals surface area contributed by atoms with Crippen molar-refractivity contribution in [2.75, 3.05) is 5.32 Å². The van der Waals surface area contributed by atoms with E-state index in [0.29, 0.717) is 5.02 Å². The molecular formula is C22H17ClN2S. The molecule has 26 heavy (non-hydrogen) atoms. The first-order valence-corrected chi connectivity index (χ1v) is 9.27. The predicted molar refractivity (Wildman–Crippen MR) is 114 cm³/mol. The van der Waals surface area contributed by atoms with Gasteiger partial charge in [-0.2, -0.15) is 0 Å². The lowest BCUT2D eigenvalue weighted by Crippen LogP contribution is -2.25. The largest absolute Gasteiger partial charge is 0.348 e. The van der Waals surface area contributed by atoms with Gasteiger partial charge in [0.15, 0.2) is 0 Å². The maximum absolute atomic E-state index is 6.27. The summed E-state index contributed by atoms with van der Waals surface area (Å²) >= 11 is 11.9. The molecule has 0 saturated heterocycles. The van der Waals surface area contributed by atoms with Crippen LogP contribution in [0.1, 0.15) is 16.7 Å². The number of halogens is 1. The topological polar surface area (TPSA) is 24.4 Å². The Bertz CT molecular complexity index is 968. The summed E-state index contributed by atoms with van der Waals surface area (Å²) in [6, 6.07) is 26.1. The summed E-state index contributed by atoms with van der Waals surface area (Å²) in [4.78, 5) is 5.78. The highest BCUT2D eigenvalue weighted by Gasteiger charge is 2.23. The summed E-state index contributed by atoms with van der Waals surface area (Å²) in [5.41, 5.74) is 5.10. The van der Waals surface area contributed by atoms with Crippen molar-refractivity contribution in [3.05, 3.63) is 101 Å². The average Bonchev–Trinajstić information content (AvgIpc) is 2.80. The molecule has 128 valence electrons. The molecule has 4 heteroatoms. The van der Waals surface area contributed by atoms with E-state index in [1.165, 1.54) is 5.56 Å². The zero-order chi connectivity index (χ0) is 17.9. The number of nitrogens with zero attached hydrogens (tertiary/aromatic N) is 1. The third-order valence-electron chi connectivity index (χ3n) is 4.40. The Morgan fingerprint density at radius 3 is 2.35 bits per heavy atom. The Balaban J connectivity index is 1.83. The lowest BCUT2D eigenvalue weighted by Gasteiger charge is -2.14. The first kappa shape index (κ1) is 17.0. The highest BCUT2D eigenvalue weighted by Crippen LogP contribution is 2.28. The molecule has 0 radical (unpaired) electrons. The summed E-state index contributed by atoms with van der Waals surface area (Å²) in [5.74, 6) is 0. The molecule has 0 bridgehead atoms. The van der Waals surface area contributed by atoms with Crippen LogP contribution in [0.3, 0.4) is 0 Å². The number of fused-ring (bicyclic) bond motifs is 1. The Hall–Kier alpha value is -2.49. The minimum absolute atomic E-state index is 0.131. The monoisotopic (exact) mass is 376 g/mol. The van der Waals surface area contributed by atoms with E-state index in [2.05, 4.69) is 29.6 Å². The van der Waals surface area contributed by atoms with E-state index in [4.69, 9.17) is 28.8 Å². The molecule has 0 amide bonds. The smallest absolute Gasteiger partial charge is 0.105 e. The molecule has 1 aliphatic heterocycles. The number of nitrogens with one attached hydrogen (secondary N) is 1. The van der Waals surface area contributed by atoms with E-state index >= 15 is 0 Å². The second kappa shape index (κ2) is 7.40. The number of benzene rings is 3. The number of rotatable bonds is 3. The molecule has 1 heterocycles. The van der Waals surface area contributed by atoms with Crippen molar-refractivity contribution in [1.82, 2.24) is 0 Å². The number of aliphatic imine (C=N–C) groups is 1. The Morgan fingerprint density at radius 2 is 1.62 bits per heavy atom. The SMILES string of the molecule is S=C1Nc2ccc(Cl)cc2C(c2ccccc2)=N[C@H]1Cc1ccccc1. The molecule has 0 saturated carbocycles. The molecule has 0 aliphatic carbocycles. The Kier molecular flexibility index (Phi) is 4.83. The van der Waals surface area contributed by atoms with E-state index in [1.807, 2.05) is 54.6 Å². The average molecular weight is 377 g/mol. The quantitative estimate of drug-likeness (QED) is 0.607. The fourth-order valence-corrected chi connectivity index (χ4v) is 3.54. The second-order valence-electron chi connectivity index (χ2n) is 6.23. The van der Waals surface area contributed by atoms with E-state index < -0.39 is 0 Å². The van der Waals surface area contributed by atoms with E-state index in [-0.39, 0.29) is 6.04 Å². The summed E-state index contributed by atoms with van der Waals surface area (Å²) in [6.45, 7) is 0. The summed E-state index contributed by atoms with van der Waals surface area (Å²) in [5, 5.41) is 4.06. The van der Waals surface area contributed by atoms with Crippen molar-refractivity contribution >= 4 is 40.2 Å². The van der Waals surface area contributed by atoms with Crippen molar-refractivity contribution in [2.24, 2.45) is 4.99 Å². The molecule has 3 aromatic carbocycles. The standard InChI is InChI=1S/C22H17ClN2S/c23-17-11-12-19-18(14-17)21(16-9-5-2-6-10-16)24-20(22(26)25-19)13-15-7-3-1-4-8-15/h1-12,14,20H,13H2,(H,25,26)/t20-/m0/s1. The molecule has 0 aromatic heterocycles. The van der Waals surface area contributed by atoms with Gasteiger partial charge in [0, 0.05) is 28.3 Å². The maximum Gasteiger partial charge on any atom is 0.105 e. The zero-order valence-corrected chi connectivity index (χ0v) is 15.6. The van der Waals surface area contributed by atoms with Crippen LogP contribution in [0.15, 0.2) is 83.9 Å². The predicted octanol–water partition coefficient (Wildman–Crippen LogP) is 5.54. The number of benzodiazepines with no additional fused rings is 1. The zero-order valence-electron chi connectivity index (χ0n) is 14.0. The van der Waals surface area contributed by atoms with Gasteiger partial charge in [-0.1, -0.05) is 84.5 Å². The minimum atomic E-state index is -0.131. The minimum Gasteiger partial charge on any atom is -0.348 e. The lowest BCUT2D eigenvalue weighted by molar-refractivity contribution is 0.862. The summed E-state index contributed by atoms with van der Waals surface area (Å²) in [7, 11) is 0. The van der Waals surface area contributed by atoms with Gasteiger partial charge in [-0.05, 0) is 23.8 Å². The fourth-order valence-electron chi connectivity index (χ4n) is 3.12. The van der Waals surface area contributed by atoms with Gasteiger partial charge in [0.25, 0.3) is 0 Å². The summed E-state index contributed by atoms with van der Waals surface area (Å²) in [6.07, 6.45) is 0.755. The molecule has 4 rings (SSSR count). The van der Waals surface area contributed by atoms with Gasteiger partial charge in [0.05, 0.1) is 5.71 Å². The molecule has 2 nitrogen and oxygen atoms in total. The lowest BCUT2D eigenvalue weighted by atomic mass is 10.0. The molecule has 0 spiro atoms. The van der Waals surface area contributed by atoms with Crippen molar-refractivity contribution < 1.29 is 0 Å². The molecule has 1 aliphatic rings. The van der Waals surface area contributed by atoms with Gasteiger partial charge in [0.2, 0.25) is 0 Å². The number of hydrogen-bond donors (Lipinski definition) is 1. The van der Waals surface area contributed by atoms with Crippen LogP contribution in [0.4, 0.5) is 5.69 Å². The van der Waals surface area contributed by atoms with Gasteiger partial charge in [-0.3, -0.25) is 4.99 Å². The van der Waals surface area contributed by atoms with Crippen LogP contribution in [0.2, 0.25) is 5.02 Å². The third-order valence-corrected chi connectivity index (χ3v) is 5.01. The fraction of sp³-hybridized carbons (Fsp3) is 0.0909. The van der Waals surface area contributed by atoms with Crippen LogP contribution in [-0.4, -0.2) is 16.7 Å². The molecule has 0 unspecified atom stereocenters. The van der Waals surface area contributed by atoms with Gasteiger partial charge in [-0.15, -0.1) is 0 Å². The molecule has 1 atom stereocenters. The molecule has 1 N–H and O–H groups in total. The van der Waals surface area contributed by atoms with Crippen molar-refractivity contribution in [2.45, 2.75) is 12.5 Å². The molecule has 0 fully saturated rings. The van der Waals surface area contributed by atoms with Crippen molar-refractivity contribution in [1.29, 1.82) is 0 Å². The Morgan fingerprint density at radius 1 is 0.923 bits per heavy atom. The van der Waals surface area contributed by atoms with E-state index in [0.717, 1.165) is 33.9 Å². The Labute approximate surface area is 163 Å². The van der Waals surface area contributed by atoms with Gasteiger partial charge in [-0.25, -0.2) is 0 Å². The van der Waals surface area contributed by atoms with Crippen LogP contribution < -0.4 is 5.32 Å². The van der Waals surface area contributed by atoms with E-state index in [9.17, 15) is 0 Å². The molecular weight excluding hydrogens is 360 g/mol. The normalized spacial score (nSPS) is 16.3. The van der Waals surface area contributed by atoms with Crippen LogP contribution in [-0.2, 0) is 6.42 Å². The van der Waals surface area contributed by atoms with Gasteiger partial charge >= 0.3 is 0 Å². The second-order valence-corrected chi connectivity index (χ2v) is 7.10. The highest BCUT2D eigenvalue weighted by molar-refractivity contribution is 7.80. The number of anilines is 1. The number of thiocarbonyl (C=S) groups is 1. The van der Waals surface area contributed by atoms with Crippen LogP contribution in [0, 0.1) is 0 Å². The first-order chi connectivity index (χ1) is 12.7. The third kappa shape index (κ3) is 3.55. The van der Waals surface area contributed by atoms with Crippen LogP contribution in [0.25, 0.3) is 0 Å². The highest BCUT2D eigenvalue weighted by atomic mass is 35.5. The van der Waals surface area contributed by atoms with Crippen molar-refractivity contribution in [3.8, 4) is 0 Å². The number of hydrogen-bond acceptors (Lipinski definition) is 2. The van der Waals surface area contributed by atoms with Crippen molar-refractivity contribution in [3.63, 3.8) is 0 Å². The first-order valence-electron chi connectivity index (χ1n) is 8.48. The van der Waals surface area contributed by atoms with Gasteiger partial charge < -0.3 is 5.32 Å². The van der Waals surface area contributed by atoms with Crippen LogP contribution in [0.5, 0.6) is 0 Å². The summed E-state index contributed by atoms with van der Waals surface area (Å²) < 4.78 is 0.